The molecule has 0 radical (unpaired) electrons. The van der Waals surface area contributed by atoms with Gasteiger partial charge in [0.1, 0.15) is 11.6 Å². The van der Waals surface area contributed by atoms with E-state index < -0.39 is 17.5 Å². The Balaban J connectivity index is 1.90. The maximum atomic E-state index is 13.6. The van der Waals surface area contributed by atoms with E-state index >= 15 is 0 Å². The third-order valence-electron chi connectivity index (χ3n) is 3.84. The minimum Gasteiger partial charge on any atom is -0.342 e. The van der Waals surface area contributed by atoms with Gasteiger partial charge < -0.3 is 10.2 Å². The zero-order valence-electron chi connectivity index (χ0n) is 11.7. The van der Waals surface area contributed by atoms with Gasteiger partial charge in [-0.1, -0.05) is 0 Å². The maximum Gasteiger partial charge on any atom is 0.256 e. The van der Waals surface area contributed by atoms with Crippen LogP contribution in [0.4, 0.5) is 8.78 Å². The molecule has 110 valence electrons. The lowest BCUT2D eigenvalue weighted by Crippen LogP contribution is -2.33. The quantitative estimate of drug-likeness (QED) is 0.920. The van der Waals surface area contributed by atoms with Crippen molar-refractivity contribution in [3.63, 3.8) is 0 Å². The summed E-state index contributed by atoms with van der Waals surface area (Å²) in [5.41, 5.74) is -0.0702. The molecule has 2 rings (SSSR count). The molecule has 20 heavy (non-hydrogen) atoms. The Morgan fingerprint density at radius 1 is 1.35 bits per heavy atom. The van der Waals surface area contributed by atoms with E-state index in [0.717, 1.165) is 44.5 Å². The second-order valence-electron chi connectivity index (χ2n) is 5.33. The van der Waals surface area contributed by atoms with Crippen LogP contribution in [-0.2, 0) is 0 Å². The van der Waals surface area contributed by atoms with Crippen LogP contribution in [-0.4, -0.2) is 37.5 Å². The van der Waals surface area contributed by atoms with Gasteiger partial charge in [-0.2, -0.15) is 0 Å². The van der Waals surface area contributed by atoms with Crippen LogP contribution >= 0.6 is 0 Å². The van der Waals surface area contributed by atoms with Crippen LogP contribution in [0.3, 0.4) is 0 Å². The molecule has 0 aromatic heterocycles. The number of hydrogen-bond donors (Lipinski definition) is 1. The lowest BCUT2D eigenvalue weighted by atomic mass is 9.94. The van der Waals surface area contributed by atoms with E-state index in [1.807, 2.05) is 0 Å². The Bertz CT molecular complexity index is 473. The number of nitrogens with zero attached hydrogens (tertiary/aromatic N) is 1. The number of hydrogen-bond acceptors (Lipinski definition) is 2. The molecule has 1 aromatic rings. The first-order valence-electron chi connectivity index (χ1n) is 6.99. The van der Waals surface area contributed by atoms with Crippen molar-refractivity contribution in [1.82, 2.24) is 10.2 Å². The van der Waals surface area contributed by atoms with E-state index in [2.05, 4.69) is 5.32 Å². The predicted molar refractivity (Wildman–Crippen MR) is 73.5 cm³/mol. The molecule has 1 amide bonds. The average molecular weight is 282 g/mol. The van der Waals surface area contributed by atoms with E-state index in [4.69, 9.17) is 0 Å². The predicted octanol–water partition coefficient (Wildman–Crippen LogP) is 2.43. The normalized spacial score (nSPS) is 16.1. The number of amides is 1. The first kappa shape index (κ1) is 14.9. The van der Waals surface area contributed by atoms with Crippen LogP contribution in [0, 0.1) is 17.6 Å². The number of halogens is 2. The fourth-order valence-corrected chi connectivity index (χ4v) is 2.52. The fraction of sp³-hybridized carbons (Fsp3) is 0.533. The molecule has 1 saturated heterocycles. The van der Waals surface area contributed by atoms with Crippen molar-refractivity contribution in [2.75, 3.05) is 26.7 Å². The van der Waals surface area contributed by atoms with E-state index in [-0.39, 0.29) is 5.56 Å². The molecule has 0 saturated carbocycles. The second kappa shape index (κ2) is 6.79. The van der Waals surface area contributed by atoms with Crippen molar-refractivity contribution in [2.45, 2.75) is 19.3 Å². The standard InChI is InChI=1S/C15H20F2N2O/c1-19(9-6-11-4-7-18-8-5-11)15(20)13-3-2-12(16)10-14(13)17/h2-3,10-11,18H,4-9H2,1H3. The molecule has 1 aliphatic rings. The number of nitrogens with one attached hydrogen (secondary N) is 1. The largest absolute Gasteiger partial charge is 0.342 e. The molecule has 1 N–H and O–H groups in total. The number of carbonyl (C=O) groups is 1. The minimum atomic E-state index is -0.802. The van der Waals surface area contributed by atoms with Gasteiger partial charge in [-0.3, -0.25) is 4.79 Å². The van der Waals surface area contributed by atoms with Gasteiger partial charge >= 0.3 is 0 Å². The molecular formula is C15H20F2N2O. The molecule has 1 fully saturated rings. The minimum absolute atomic E-state index is 0.0702. The van der Waals surface area contributed by atoms with Crippen LogP contribution in [0.5, 0.6) is 0 Å². The summed E-state index contributed by atoms with van der Waals surface area (Å²) in [5, 5.41) is 3.30. The smallest absolute Gasteiger partial charge is 0.256 e. The van der Waals surface area contributed by atoms with Gasteiger partial charge in [0.2, 0.25) is 0 Å². The first-order valence-corrected chi connectivity index (χ1v) is 6.99. The van der Waals surface area contributed by atoms with Crippen LogP contribution in [0.1, 0.15) is 29.6 Å². The molecule has 0 aliphatic carbocycles. The third-order valence-corrected chi connectivity index (χ3v) is 3.84. The van der Waals surface area contributed by atoms with Crippen molar-refractivity contribution in [2.24, 2.45) is 5.92 Å². The Morgan fingerprint density at radius 2 is 2.05 bits per heavy atom. The number of carbonyl (C=O) groups excluding carboxylic acids is 1. The molecule has 1 aliphatic heterocycles. The van der Waals surface area contributed by atoms with Gasteiger partial charge in [0.25, 0.3) is 5.91 Å². The van der Waals surface area contributed by atoms with Gasteiger partial charge in [0.05, 0.1) is 5.56 Å². The Morgan fingerprint density at radius 3 is 2.70 bits per heavy atom. The summed E-state index contributed by atoms with van der Waals surface area (Å²) in [6.07, 6.45) is 3.16. The molecule has 0 bridgehead atoms. The summed E-state index contributed by atoms with van der Waals surface area (Å²) in [5.74, 6) is -1.25. The summed E-state index contributed by atoms with van der Waals surface area (Å²) in [7, 11) is 1.66. The highest BCUT2D eigenvalue weighted by Gasteiger charge is 2.19. The summed E-state index contributed by atoms with van der Waals surface area (Å²) in [4.78, 5) is 13.6. The fourth-order valence-electron chi connectivity index (χ4n) is 2.52. The van der Waals surface area contributed by atoms with Crippen LogP contribution in [0.2, 0.25) is 0 Å². The van der Waals surface area contributed by atoms with Crippen molar-refractivity contribution in [1.29, 1.82) is 0 Å². The summed E-state index contributed by atoms with van der Waals surface area (Å²) in [6, 6.07) is 3.05. The monoisotopic (exact) mass is 282 g/mol. The second-order valence-corrected chi connectivity index (χ2v) is 5.33. The van der Waals surface area contributed by atoms with Gasteiger partial charge in [0.15, 0.2) is 0 Å². The van der Waals surface area contributed by atoms with Crippen molar-refractivity contribution < 1.29 is 13.6 Å². The van der Waals surface area contributed by atoms with Crippen LogP contribution in [0.25, 0.3) is 0 Å². The summed E-state index contributed by atoms with van der Waals surface area (Å²) >= 11 is 0. The zero-order valence-corrected chi connectivity index (χ0v) is 11.7. The Hall–Kier alpha value is -1.49. The average Bonchev–Trinajstić information content (AvgIpc) is 2.45. The van der Waals surface area contributed by atoms with Gasteiger partial charge in [-0.15, -0.1) is 0 Å². The van der Waals surface area contributed by atoms with Gasteiger partial charge in [-0.25, -0.2) is 8.78 Å². The van der Waals surface area contributed by atoms with E-state index in [1.165, 1.54) is 11.0 Å². The molecule has 5 heteroatoms. The Labute approximate surface area is 118 Å². The summed E-state index contributed by atoms with van der Waals surface area (Å²) < 4.78 is 26.4. The van der Waals surface area contributed by atoms with Gasteiger partial charge in [0, 0.05) is 19.7 Å². The number of rotatable bonds is 4. The number of piperidine rings is 1. The summed E-state index contributed by atoms with van der Waals surface area (Å²) in [6.45, 7) is 2.64. The third kappa shape index (κ3) is 3.76. The zero-order chi connectivity index (χ0) is 14.5. The van der Waals surface area contributed by atoms with Crippen molar-refractivity contribution in [3.05, 3.63) is 35.4 Å². The molecular weight excluding hydrogens is 262 g/mol. The van der Waals surface area contributed by atoms with E-state index in [9.17, 15) is 13.6 Å². The molecule has 0 unspecified atom stereocenters. The lowest BCUT2D eigenvalue weighted by Gasteiger charge is -2.25. The highest BCUT2D eigenvalue weighted by atomic mass is 19.1. The topological polar surface area (TPSA) is 32.3 Å². The highest BCUT2D eigenvalue weighted by molar-refractivity contribution is 5.94. The Kier molecular flexibility index (Phi) is 5.06. The van der Waals surface area contributed by atoms with E-state index in [0.29, 0.717) is 12.5 Å². The van der Waals surface area contributed by atoms with Crippen LogP contribution < -0.4 is 5.32 Å². The lowest BCUT2D eigenvalue weighted by molar-refractivity contribution is 0.0780. The molecule has 3 nitrogen and oxygen atoms in total. The molecule has 0 atom stereocenters. The molecule has 0 spiro atoms. The molecule has 1 heterocycles. The first-order chi connectivity index (χ1) is 9.58. The highest BCUT2D eigenvalue weighted by Crippen LogP contribution is 2.17. The van der Waals surface area contributed by atoms with E-state index in [1.54, 1.807) is 7.05 Å². The van der Waals surface area contributed by atoms with Gasteiger partial charge in [-0.05, 0) is 50.4 Å². The molecule has 1 aromatic carbocycles. The van der Waals surface area contributed by atoms with Crippen LogP contribution in [0.15, 0.2) is 18.2 Å². The maximum absolute atomic E-state index is 13.6. The SMILES string of the molecule is CN(CCC1CCNCC1)C(=O)c1ccc(F)cc1F. The number of benzene rings is 1. The van der Waals surface area contributed by atoms with Crippen molar-refractivity contribution in [3.8, 4) is 0 Å². The van der Waals surface area contributed by atoms with Crippen molar-refractivity contribution >= 4 is 5.91 Å².